The van der Waals surface area contributed by atoms with Crippen molar-refractivity contribution in [2.24, 2.45) is 0 Å². The van der Waals surface area contributed by atoms with Crippen LogP contribution in [0.25, 0.3) is 0 Å². The van der Waals surface area contributed by atoms with Gasteiger partial charge >= 0.3 is 5.97 Å². The Bertz CT molecular complexity index is 552. The molecule has 1 aromatic rings. The van der Waals surface area contributed by atoms with Gasteiger partial charge in [0.1, 0.15) is 0 Å². The molecule has 2 rings (SSSR count). The molecule has 0 unspecified atom stereocenters. The molecule has 1 aliphatic rings. The number of amides is 1. The van der Waals surface area contributed by atoms with Gasteiger partial charge in [-0.15, -0.1) is 0 Å². The van der Waals surface area contributed by atoms with Crippen LogP contribution in [-0.2, 0) is 17.8 Å². The van der Waals surface area contributed by atoms with Crippen molar-refractivity contribution in [2.45, 2.75) is 32.4 Å². The van der Waals surface area contributed by atoms with E-state index in [9.17, 15) is 9.59 Å². The Hall–Kier alpha value is -1.88. The second kappa shape index (κ2) is 5.25. The molecule has 1 heterocycles. The number of carbonyl (C=O) groups is 2. The van der Waals surface area contributed by atoms with Crippen LogP contribution < -0.4 is 5.32 Å². The highest BCUT2D eigenvalue weighted by Gasteiger charge is 2.32. The minimum absolute atomic E-state index is 0.0337. The zero-order valence-electron chi connectivity index (χ0n) is 12.1. The fourth-order valence-electron chi connectivity index (χ4n) is 2.37. The molecule has 1 aromatic carbocycles. The van der Waals surface area contributed by atoms with Crippen molar-refractivity contribution in [3.8, 4) is 0 Å². The van der Waals surface area contributed by atoms with E-state index in [1.54, 1.807) is 24.1 Å². The first-order chi connectivity index (χ1) is 9.35. The lowest BCUT2D eigenvalue weighted by atomic mass is 9.95. The Morgan fingerprint density at radius 2 is 2.00 bits per heavy atom. The molecule has 1 amide bonds. The van der Waals surface area contributed by atoms with Crippen LogP contribution in [0.15, 0.2) is 18.2 Å². The SMILES string of the molecule is CNC(C)(C)C(=O)N1CCc2ccc(C(=O)O)cc2C1. The molecule has 20 heavy (non-hydrogen) atoms. The molecule has 0 saturated carbocycles. The van der Waals surface area contributed by atoms with Crippen LogP contribution in [0.4, 0.5) is 0 Å². The van der Waals surface area contributed by atoms with Gasteiger partial charge in [0.05, 0.1) is 11.1 Å². The quantitative estimate of drug-likeness (QED) is 0.872. The fourth-order valence-corrected chi connectivity index (χ4v) is 2.37. The average molecular weight is 276 g/mol. The van der Waals surface area contributed by atoms with Crippen molar-refractivity contribution in [1.82, 2.24) is 10.2 Å². The minimum atomic E-state index is -0.938. The first kappa shape index (κ1) is 14.5. The standard InChI is InChI=1S/C15H20N2O3/c1-15(2,16-3)14(20)17-7-6-10-4-5-11(13(18)19)8-12(10)9-17/h4-5,8,16H,6-7,9H2,1-3H3,(H,18,19). The Labute approximate surface area is 118 Å². The van der Waals surface area contributed by atoms with Crippen molar-refractivity contribution in [3.63, 3.8) is 0 Å². The van der Waals surface area contributed by atoms with Crippen molar-refractivity contribution in [3.05, 3.63) is 34.9 Å². The third kappa shape index (κ3) is 2.67. The normalized spacial score (nSPS) is 14.8. The number of nitrogens with one attached hydrogen (secondary N) is 1. The number of aromatic carboxylic acids is 1. The van der Waals surface area contributed by atoms with Gasteiger partial charge in [-0.3, -0.25) is 4.79 Å². The van der Waals surface area contributed by atoms with Gasteiger partial charge in [-0.05, 0) is 50.6 Å². The van der Waals surface area contributed by atoms with Gasteiger partial charge in [-0.2, -0.15) is 0 Å². The molecule has 108 valence electrons. The number of fused-ring (bicyclic) bond motifs is 1. The van der Waals surface area contributed by atoms with E-state index in [0.717, 1.165) is 17.5 Å². The lowest BCUT2D eigenvalue weighted by molar-refractivity contribution is -0.137. The molecule has 0 radical (unpaired) electrons. The Balaban J connectivity index is 2.24. The summed E-state index contributed by atoms with van der Waals surface area (Å²) in [5.41, 5.74) is 1.71. The lowest BCUT2D eigenvalue weighted by Gasteiger charge is -2.35. The van der Waals surface area contributed by atoms with E-state index in [-0.39, 0.29) is 11.5 Å². The molecule has 0 bridgehead atoms. The summed E-state index contributed by atoms with van der Waals surface area (Å²) < 4.78 is 0. The molecule has 0 atom stereocenters. The fraction of sp³-hybridized carbons (Fsp3) is 0.467. The van der Waals surface area contributed by atoms with Gasteiger partial charge in [-0.1, -0.05) is 6.07 Å². The van der Waals surface area contributed by atoms with E-state index >= 15 is 0 Å². The number of carboxylic acid groups (broad SMARTS) is 1. The van der Waals surface area contributed by atoms with Crippen LogP contribution in [0.3, 0.4) is 0 Å². The largest absolute Gasteiger partial charge is 0.478 e. The van der Waals surface area contributed by atoms with Crippen LogP contribution in [0.1, 0.15) is 35.3 Å². The Morgan fingerprint density at radius 1 is 1.30 bits per heavy atom. The number of hydrogen-bond donors (Lipinski definition) is 2. The van der Waals surface area contributed by atoms with Crippen LogP contribution in [0.5, 0.6) is 0 Å². The van der Waals surface area contributed by atoms with Gasteiger partial charge in [0.2, 0.25) is 5.91 Å². The van der Waals surface area contributed by atoms with E-state index < -0.39 is 11.5 Å². The van der Waals surface area contributed by atoms with Gasteiger partial charge < -0.3 is 15.3 Å². The van der Waals surface area contributed by atoms with Crippen molar-refractivity contribution >= 4 is 11.9 Å². The monoisotopic (exact) mass is 276 g/mol. The Morgan fingerprint density at radius 3 is 2.60 bits per heavy atom. The molecular formula is C15H20N2O3. The summed E-state index contributed by atoms with van der Waals surface area (Å²) in [6.07, 6.45) is 0.765. The molecule has 0 aromatic heterocycles. The van der Waals surface area contributed by atoms with Crippen LogP contribution in [0, 0.1) is 0 Å². The summed E-state index contributed by atoms with van der Waals surface area (Å²) in [6.45, 7) is 4.83. The summed E-state index contributed by atoms with van der Waals surface area (Å²) in [5, 5.41) is 12.0. The molecule has 0 saturated heterocycles. The highest BCUT2D eigenvalue weighted by molar-refractivity contribution is 5.88. The molecule has 5 nitrogen and oxygen atoms in total. The molecule has 2 N–H and O–H groups in total. The summed E-state index contributed by atoms with van der Waals surface area (Å²) >= 11 is 0. The van der Waals surface area contributed by atoms with E-state index in [2.05, 4.69) is 5.32 Å². The number of benzene rings is 1. The zero-order valence-corrected chi connectivity index (χ0v) is 12.1. The first-order valence-electron chi connectivity index (χ1n) is 6.68. The van der Waals surface area contributed by atoms with Crippen molar-refractivity contribution in [2.75, 3.05) is 13.6 Å². The summed E-state index contributed by atoms with van der Waals surface area (Å²) in [4.78, 5) is 25.2. The summed E-state index contributed by atoms with van der Waals surface area (Å²) in [7, 11) is 1.76. The average Bonchev–Trinajstić information content (AvgIpc) is 2.45. The third-order valence-corrected chi connectivity index (χ3v) is 3.91. The topological polar surface area (TPSA) is 69.6 Å². The summed E-state index contributed by atoms with van der Waals surface area (Å²) in [6, 6.07) is 5.14. The van der Waals surface area contributed by atoms with E-state index in [1.165, 1.54) is 0 Å². The number of nitrogens with zero attached hydrogens (tertiary/aromatic N) is 1. The third-order valence-electron chi connectivity index (χ3n) is 3.91. The lowest BCUT2D eigenvalue weighted by Crippen LogP contribution is -2.53. The van der Waals surface area contributed by atoms with Gasteiger partial charge in [0.15, 0.2) is 0 Å². The van der Waals surface area contributed by atoms with Gasteiger partial charge in [0, 0.05) is 13.1 Å². The highest BCUT2D eigenvalue weighted by Crippen LogP contribution is 2.22. The minimum Gasteiger partial charge on any atom is -0.478 e. The van der Waals surface area contributed by atoms with Crippen LogP contribution in [0.2, 0.25) is 0 Å². The maximum Gasteiger partial charge on any atom is 0.335 e. The number of hydrogen-bond acceptors (Lipinski definition) is 3. The number of carbonyl (C=O) groups excluding carboxylic acids is 1. The number of rotatable bonds is 3. The van der Waals surface area contributed by atoms with Crippen LogP contribution >= 0.6 is 0 Å². The number of carboxylic acids is 1. The molecule has 0 aliphatic carbocycles. The van der Waals surface area contributed by atoms with E-state index in [0.29, 0.717) is 13.1 Å². The zero-order chi connectivity index (χ0) is 14.9. The maximum atomic E-state index is 12.4. The highest BCUT2D eigenvalue weighted by atomic mass is 16.4. The van der Waals surface area contributed by atoms with Gasteiger partial charge in [-0.25, -0.2) is 4.79 Å². The van der Waals surface area contributed by atoms with Gasteiger partial charge in [0.25, 0.3) is 0 Å². The molecule has 1 aliphatic heterocycles. The number of likely N-dealkylation sites (N-methyl/N-ethyl adjacent to an activating group) is 1. The van der Waals surface area contributed by atoms with E-state index in [1.807, 2.05) is 19.9 Å². The van der Waals surface area contributed by atoms with E-state index in [4.69, 9.17) is 5.11 Å². The van der Waals surface area contributed by atoms with Crippen molar-refractivity contribution < 1.29 is 14.7 Å². The molecule has 0 fully saturated rings. The molecule has 5 heteroatoms. The molecule has 0 spiro atoms. The second-order valence-corrected chi connectivity index (χ2v) is 5.64. The summed E-state index contributed by atoms with van der Waals surface area (Å²) in [5.74, 6) is -0.904. The second-order valence-electron chi connectivity index (χ2n) is 5.64. The first-order valence-corrected chi connectivity index (χ1v) is 6.68. The van der Waals surface area contributed by atoms with Crippen molar-refractivity contribution in [1.29, 1.82) is 0 Å². The predicted molar refractivity (Wildman–Crippen MR) is 75.7 cm³/mol. The van der Waals surface area contributed by atoms with Crippen LogP contribution in [-0.4, -0.2) is 41.0 Å². The molecular weight excluding hydrogens is 256 g/mol. The maximum absolute atomic E-state index is 12.4. The smallest absolute Gasteiger partial charge is 0.335 e. The predicted octanol–water partition coefficient (Wildman–Crippen LogP) is 1.27. The Kier molecular flexibility index (Phi) is 3.81.